The van der Waals surface area contributed by atoms with Crippen LogP contribution in [-0.4, -0.2) is 34.9 Å². The average Bonchev–Trinajstić information content (AvgIpc) is 3.41. The number of benzene rings is 8. The Morgan fingerprint density at radius 2 is 0.537 bits per heavy atom. The molecule has 0 aliphatic carbocycles. The average molecular weight is 860 g/mol. The van der Waals surface area contributed by atoms with E-state index in [1.807, 2.05) is 122 Å². The molecule has 3 aromatic heterocycles. The van der Waals surface area contributed by atoms with E-state index in [1.165, 1.54) is 0 Å². The van der Waals surface area contributed by atoms with E-state index in [1.54, 1.807) is 0 Å². The number of nitrogens with zero attached hydrogens (tertiary/aromatic N) is 7. The molecule has 0 spiro atoms. The maximum atomic E-state index is 5.17. The number of hydrogen-bond acceptors (Lipinski definition) is 7. The second kappa shape index (κ2) is 18.2. The Kier molecular flexibility index (Phi) is 11.1. The molecule has 0 atom stereocenters. The Labute approximate surface area is 389 Å². The van der Waals surface area contributed by atoms with Gasteiger partial charge in [0.25, 0.3) is 0 Å². The first-order valence-corrected chi connectivity index (χ1v) is 22.2. The van der Waals surface area contributed by atoms with Crippen molar-refractivity contribution >= 4 is 0 Å². The molecule has 67 heavy (non-hydrogen) atoms. The van der Waals surface area contributed by atoms with Crippen LogP contribution in [0.2, 0.25) is 0 Å². The van der Waals surface area contributed by atoms with Crippen molar-refractivity contribution in [2.24, 2.45) is 0 Å². The Morgan fingerprint density at radius 3 is 1.03 bits per heavy atom. The van der Waals surface area contributed by atoms with Gasteiger partial charge in [-0.3, -0.25) is 4.98 Å². The van der Waals surface area contributed by atoms with Gasteiger partial charge in [0.1, 0.15) is 0 Å². The van der Waals surface area contributed by atoms with Crippen LogP contribution >= 0.6 is 0 Å². The largest absolute Gasteiger partial charge is 0.253 e. The van der Waals surface area contributed by atoms with Gasteiger partial charge in [0, 0.05) is 44.6 Å². The zero-order valence-electron chi connectivity index (χ0n) is 36.6. The fraction of sp³-hybridized carbons (Fsp3) is 0.0167. The van der Waals surface area contributed by atoms with Gasteiger partial charge in [-0.25, -0.2) is 29.9 Å². The van der Waals surface area contributed by atoms with Crippen LogP contribution in [0.15, 0.2) is 231 Å². The quantitative estimate of drug-likeness (QED) is 0.135. The molecule has 0 saturated heterocycles. The molecule has 11 aromatic rings. The van der Waals surface area contributed by atoms with Gasteiger partial charge in [-0.05, 0) is 52.4 Å². The normalized spacial score (nSPS) is 11.1. The van der Waals surface area contributed by atoms with Crippen LogP contribution in [-0.2, 0) is 0 Å². The van der Waals surface area contributed by atoms with Crippen LogP contribution in [0.4, 0.5) is 0 Å². The van der Waals surface area contributed by atoms with Gasteiger partial charge in [0.2, 0.25) is 0 Å². The highest BCUT2D eigenvalue weighted by molar-refractivity contribution is 5.98. The summed E-state index contributed by atoms with van der Waals surface area (Å²) in [6, 6.07) is 78.3. The molecule has 0 aliphatic heterocycles. The third-order valence-corrected chi connectivity index (χ3v) is 11.7. The van der Waals surface area contributed by atoms with E-state index in [4.69, 9.17) is 34.9 Å². The summed E-state index contributed by atoms with van der Waals surface area (Å²) < 4.78 is 0. The van der Waals surface area contributed by atoms with E-state index in [0.29, 0.717) is 34.9 Å². The highest BCUT2D eigenvalue weighted by Crippen LogP contribution is 2.44. The smallest absolute Gasteiger partial charge is 0.164 e. The van der Waals surface area contributed by atoms with Crippen molar-refractivity contribution in [3.8, 4) is 113 Å². The molecule has 0 aliphatic rings. The first-order valence-electron chi connectivity index (χ1n) is 22.2. The van der Waals surface area contributed by atoms with E-state index >= 15 is 0 Å². The number of rotatable bonds is 10. The summed E-state index contributed by atoms with van der Waals surface area (Å²) in [5.74, 6) is 3.57. The maximum Gasteiger partial charge on any atom is 0.164 e. The van der Waals surface area contributed by atoms with Crippen LogP contribution in [0.3, 0.4) is 0 Å². The van der Waals surface area contributed by atoms with Gasteiger partial charge < -0.3 is 0 Å². The summed E-state index contributed by atoms with van der Waals surface area (Å²) in [6.07, 6.45) is 0. The van der Waals surface area contributed by atoms with E-state index in [0.717, 1.165) is 83.7 Å². The summed E-state index contributed by atoms with van der Waals surface area (Å²) in [7, 11) is 0. The lowest BCUT2D eigenvalue weighted by Gasteiger charge is -2.19. The highest BCUT2D eigenvalue weighted by atomic mass is 15.0. The minimum absolute atomic E-state index is 0.574. The Hall–Kier alpha value is -9.07. The Bertz CT molecular complexity index is 3450. The Balaban J connectivity index is 1.07. The van der Waals surface area contributed by atoms with E-state index < -0.39 is 0 Å². The monoisotopic (exact) mass is 859 g/mol. The first kappa shape index (κ1) is 40.7. The third kappa shape index (κ3) is 8.41. The van der Waals surface area contributed by atoms with Crippen molar-refractivity contribution in [1.29, 1.82) is 0 Å². The van der Waals surface area contributed by atoms with Crippen molar-refractivity contribution in [3.05, 3.63) is 236 Å². The second-order valence-electron chi connectivity index (χ2n) is 16.1. The molecular formula is C60H41N7. The van der Waals surface area contributed by atoms with Crippen molar-refractivity contribution in [2.45, 2.75) is 6.92 Å². The van der Waals surface area contributed by atoms with Gasteiger partial charge in [0.05, 0.1) is 5.69 Å². The summed E-state index contributed by atoms with van der Waals surface area (Å²) >= 11 is 0. The third-order valence-electron chi connectivity index (χ3n) is 11.7. The van der Waals surface area contributed by atoms with E-state index in [9.17, 15) is 0 Å². The van der Waals surface area contributed by atoms with Crippen LogP contribution in [0.1, 0.15) is 5.69 Å². The minimum Gasteiger partial charge on any atom is -0.253 e. The molecular weight excluding hydrogens is 819 g/mol. The Morgan fingerprint density at radius 1 is 0.209 bits per heavy atom. The lowest BCUT2D eigenvalue weighted by Crippen LogP contribution is -2.02. The zero-order valence-corrected chi connectivity index (χ0v) is 36.6. The number of pyridine rings is 1. The van der Waals surface area contributed by atoms with Crippen LogP contribution in [0, 0.1) is 6.92 Å². The van der Waals surface area contributed by atoms with E-state index in [-0.39, 0.29) is 0 Å². The lowest BCUT2D eigenvalue weighted by atomic mass is 9.86. The molecule has 0 radical (unpaired) electrons. The molecule has 0 amide bonds. The molecule has 7 heteroatoms. The molecule has 3 heterocycles. The summed E-state index contributed by atoms with van der Waals surface area (Å²) in [4.78, 5) is 35.7. The topological polar surface area (TPSA) is 90.2 Å². The predicted octanol–water partition coefficient (Wildman–Crippen LogP) is 14.4. The van der Waals surface area contributed by atoms with Crippen molar-refractivity contribution in [3.63, 3.8) is 0 Å². The molecule has 0 saturated carbocycles. The first-order chi connectivity index (χ1) is 33.1. The number of aryl methyl sites for hydroxylation is 1. The van der Waals surface area contributed by atoms with Crippen LogP contribution in [0.25, 0.3) is 113 Å². The zero-order chi connectivity index (χ0) is 44.9. The molecule has 11 rings (SSSR count). The van der Waals surface area contributed by atoms with Gasteiger partial charge in [-0.15, -0.1) is 0 Å². The van der Waals surface area contributed by atoms with Gasteiger partial charge in [-0.1, -0.05) is 218 Å². The van der Waals surface area contributed by atoms with Gasteiger partial charge in [0.15, 0.2) is 34.9 Å². The fourth-order valence-corrected chi connectivity index (χ4v) is 8.50. The van der Waals surface area contributed by atoms with Crippen molar-refractivity contribution in [2.75, 3.05) is 0 Å². The molecule has 7 nitrogen and oxygen atoms in total. The highest BCUT2D eigenvalue weighted by Gasteiger charge is 2.22. The SMILES string of the molecule is Cc1cccc(-c2cccc(-c3ccc(-c4nc(-c5ccccc5)nc(-c5ccccc5-c5ccccc5)n4)cc3)c2-c2ccccc2-c2nc(-c3ccccc3)nc(-c3ccccc3)n2)n1. The van der Waals surface area contributed by atoms with Crippen LogP contribution < -0.4 is 0 Å². The summed E-state index contributed by atoms with van der Waals surface area (Å²) in [6.45, 7) is 2.02. The maximum absolute atomic E-state index is 5.17. The van der Waals surface area contributed by atoms with Crippen molar-refractivity contribution in [1.82, 2.24) is 34.9 Å². The summed E-state index contributed by atoms with van der Waals surface area (Å²) in [5.41, 5.74) is 14.4. The van der Waals surface area contributed by atoms with Crippen LogP contribution in [0.5, 0.6) is 0 Å². The predicted molar refractivity (Wildman–Crippen MR) is 270 cm³/mol. The lowest BCUT2D eigenvalue weighted by molar-refractivity contribution is 1.07. The molecule has 8 aromatic carbocycles. The molecule has 0 N–H and O–H groups in total. The summed E-state index contributed by atoms with van der Waals surface area (Å²) in [5, 5.41) is 0. The molecule has 316 valence electrons. The van der Waals surface area contributed by atoms with Gasteiger partial charge >= 0.3 is 0 Å². The van der Waals surface area contributed by atoms with Crippen molar-refractivity contribution < 1.29 is 0 Å². The number of aromatic nitrogens is 7. The fourth-order valence-electron chi connectivity index (χ4n) is 8.50. The molecule has 0 unspecified atom stereocenters. The standard InChI is InChI=1S/C60H41N7/c1-40-20-18-35-53(61-40)52-34-19-33-48(54(52)49-30-15-17-32-51(49)60-65-55(43-23-8-3-9-24-43)62-56(66-60)44-25-10-4-11-26-44)42-36-38-46(39-37-42)58-63-57(45-27-12-5-13-28-45)64-59(67-58)50-31-16-14-29-47(50)41-21-6-2-7-22-41/h2-39H,1H3. The molecule has 0 bridgehead atoms. The molecule has 0 fully saturated rings. The van der Waals surface area contributed by atoms with Gasteiger partial charge in [-0.2, -0.15) is 0 Å². The van der Waals surface area contributed by atoms with E-state index in [2.05, 4.69) is 115 Å². The second-order valence-corrected chi connectivity index (χ2v) is 16.1. The minimum atomic E-state index is 0.574. The number of hydrogen-bond donors (Lipinski definition) is 0.